The smallest absolute Gasteiger partial charge is 0.131 e. The normalized spacial score (nSPS) is 28.7. The molecule has 0 heterocycles. The zero-order valence-corrected chi connectivity index (χ0v) is 10.9. The van der Waals surface area contributed by atoms with E-state index < -0.39 is 23.2 Å². The highest BCUT2D eigenvalue weighted by Gasteiger charge is 2.42. The highest BCUT2D eigenvalue weighted by molar-refractivity contribution is 5.25. The van der Waals surface area contributed by atoms with Gasteiger partial charge in [0.05, 0.1) is 11.5 Å². The zero-order chi connectivity index (χ0) is 14.0. The molecule has 102 valence electrons. The van der Waals surface area contributed by atoms with Crippen molar-refractivity contribution in [2.45, 2.75) is 38.7 Å². The fraction of sp³-hybridized carbons (Fsp3) is 0.533. The summed E-state index contributed by atoms with van der Waals surface area (Å²) in [6.45, 7) is 2.10. The predicted molar refractivity (Wildman–Crippen MR) is 67.0 cm³/mol. The van der Waals surface area contributed by atoms with E-state index in [1.165, 1.54) is 6.07 Å². The molecule has 0 aromatic heterocycles. The minimum Gasteiger partial charge on any atom is -0.387 e. The zero-order valence-electron chi connectivity index (χ0n) is 10.9. The van der Waals surface area contributed by atoms with Crippen LogP contribution < -0.4 is 0 Å². The maximum Gasteiger partial charge on any atom is 0.131 e. The van der Waals surface area contributed by atoms with Crippen LogP contribution >= 0.6 is 0 Å². The van der Waals surface area contributed by atoms with E-state index in [0.29, 0.717) is 18.8 Å². The van der Waals surface area contributed by atoms with Crippen molar-refractivity contribution in [3.05, 3.63) is 35.4 Å². The van der Waals surface area contributed by atoms with Gasteiger partial charge in [-0.15, -0.1) is 0 Å². The van der Waals surface area contributed by atoms with E-state index in [0.717, 1.165) is 25.0 Å². The Hall–Kier alpha value is -1.47. The maximum atomic E-state index is 13.7. The van der Waals surface area contributed by atoms with Crippen molar-refractivity contribution >= 4 is 0 Å². The highest BCUT2D eigenvalue weighted by atomic mass is 19.1. The molecule has 0 aliphatic heterocycles. The van der Waals surface area contributed by atoms with Crippen molar-refractivity contribution in [2.24, 2.45) is 11.3 Å². The van der Waals surface area contributed by atoms with E-state index in [4.69, 9.17) is 0 Å². The van der Waals surface area contributed by atoms with Crippen LogP contribution in [0.4, 0.5) is 8.78 Å². The van der Waals surface area contributed by atoms with Crippen LogP contribution in [0.3, 0.4) is 0 Å². The van der Waals surface area contributed by atoms with Crippen LogP contribution in [0.2, 0.25) is 0 Å². The monoisotopic (exact) mass is 265 g/mol. The van der Waals surface area contributed by atoms with Crippen LogP contribution in [-0.4, -0.2) is 5.11 Å². The molecule has 1 atom stereocenters. The fourth-order valence-corrected chi connectivity index (χ4v) is 2.74. The number of nitriles is 1. The third-order valence-electron chi connectivity index (χ3n) is 4.17. The summed E-state index contributed by atoms with van der Waals surface area (Å²) in [5.74, 6) is -0.954. The van der Waals surface area contributed by atoms with Gasteiger partial charge in [-0.3, -0.25) is 0 Å². The molecule has 0 saturated heterocycles. The van der Waals surface area contributed by atoms with Gasteiger partial charge in [-0.25, -0.2) is 8.78 Å². The number of halogens is 2. The fourth-order valence-electron chi connectivity index (χ4n) is 2.74. The van der Waals surface area contributed by atoms with E-state index >= 15 is 0 Å². The Morgan fingerprint density at radius 1 is 1.37 bits per heavy atom. The van der Waals surface area contributed by atoms with Crippen LogP contribution in [-0.2, 0) is 0 Å². The summed E-state index contributed by atoms with van der Waals surface area (Å²) in [5.41, 5.74) is -0.942. The molecule has 1 fully saturated rings. The molecule has 1 saturated carbocycles. The summed E-state index contributed by atoms with van der Waals surface area (Å²) >= 11 is 0. The molecule has 1 unspecified atom stereocenters. The Balaban J connectivity index is 2.31. The van der Waals surface area contributed by atoms with Gasteiger partial charge in [0.25, 0.3) is 0 Å². The van der Waals surface area contributed by atoms with Gasteiger partial charge in [0.15, 0.2) is 0 Å². The Morgan fingerprint density at radius 2 is 2.00 bits per heavy atom. The van der Waals surface area contributed by atoms with E-state index in [9.17, 15) is 19.1 Å². The number of benzene rings is 1. The van der Waals surface area contributed by atoms with Gasteiger partial charge in [-0.2, -0.15) is 5.26 Å². The Morgan fingerprint density at radius 3 is 2.53 bits per heavy atom. The standard InChI is InChI=1S/C15H17F2NO/c1-10-4-6-15(9-18,7-5-10)14(19)12-3-2-11(16)8-13(12)17/h2-3,8,10,14,19H,4-7H2,1H3. The number of nitrogens with zero attached hydrogens (tertiary/aromatic N) is 1. The molecule has 1 aromatic carbocycles. The topological polar surface area (TPSA) is 44.0 Å². The Kier molecular flexibility index (Phi) is 3.86. The minimum atomic E-state index is -1.20. The molecular formula is C15H17F2NO. The number of rotatable bonds is 2. The first-order chi connectivity index (χ1) is 8.98. The molecule has 1 aliphatic rings. The summed E-state index contributed by atoms with van der Waals surface area (Å²) in [5, 5.41) is 19.8. The van der Waals surface area contributed by atoms with Crippen molar-refractivity contribution in [1.82, 2.24) is 0 Å². The molecule has 2 rings (SSSR count). The van der Waals surface area contributed by atoms with Gasteiger partial charge < -0.3 is 5.11 Å². The van der Waals surface area contributed by atoms with Crippen molar-refractivity contribution < 1.29 is 13.9 Å². The minimum absolute atomic E-state index is 0.0116. The number of hydrogen-bond donors (Lipinski definition) is 1. The molecule has 1 aromatic rings. The molecule has 0 spiro atoms. The van der Waals surface area contributed by atoms with Crippen LogP contribution in [0.15, 0.2) is 18.2 Å². The number of aliphatic hydroxyl groups is 1. The summed E-state index contributed by atoms with van der Waals surface area (Å²) in [7, 11) is 0. The lowest BCUT2D eigenvalue weighted by atomic mass is 9.67. The molecule has 1 N–H and O–H groups in total. The molecule has 2 nitrogen and oxygen atoms in total. The summed E-state index contributed by atoms with van der Waals surface area (Å²) < 4.78 is 26.6. The molecular weight excluding hydrogens is 248 g/mol. The Labute approximate surface area is 111 Å². The highest BCUT2D eigenvalue weighted by Crippen LogP contribution is 2.47. The SMILES string of the molecule is CC1CCC(C#N)(C(O)c2ccc(F)cc2F)CC1. The van der Waals surface area contributed by atoms with Gasteiger partial charge in [-0.05, 0) is 37.7 Å². The molecule has 4 heteroatoms. The second-order valence-corrected chi connectivity index (χ2v) is 5.52. The van der Waals surface area contributed by atoms with Crippen molar-refractivity contribution in [3.8, 4) is 6.07 Å². The van der Waals surface area contributed by atoms with Crippen molar-refractivity contribution in [2.75, 3.05) is 0 Å². The van der Waals surface area contributed by atoms with Gasteiger partial charge in [0.2, 0.25) is 0 Å². The average molecular weight is 265 g/mol. The summed E-state index contributed by atoms with van der Waals surface area (Å²) in [4.78, 5) is 0. The van der Waals surface area contributed by atoms with Crippen LogP contribution in [0, 0.1) is 34.3 Å². The quantitative estimate of drug-likeness (QED) is 0.885. The molecule has 1 aliphatic carbocycles. The van der Waals surface area contributed by atoms with E-state index in [-0.39, 0.29) is 5.56 Å². The average Bonchev–Trinajstić information content (AvgIpc) is 2.39. The van der Waals surface area contributed by atoms with Crippen LogP contribution in [0.5, 0.6) is 0 Å². The molecule has 0 amide bonds. The summed E-state index contributed by atoms with van der Waals surface area (Å²) in [6.07, 6.45) is 1.57. The third-order valence-corrected chi connectivity index (χ3v) is 4.17. The van der Waals surface area contributed by atoms with Crippen molar-refractivity contribution in [3.63, 3.8) is 0 Å². The van der Waals surface area contributed by atoms with Gasteiger partial charge in [0.1, 0.15) is 17.7 Å². The van der Waals surface area contributed by atoms with Gasteiger partial charge >= 0.3 is 0 Å². The van der Waals surface area contributed by atoms with Crippen LogP contribution in [0.25, 0.3) is 0 Å². The first kappa shape index (κ1) is 14.0. The second-order valence-electron chi connectivity index (χ2n) is 5.52. The van der Waals surface area contributed by atoms with Gasteiger partial charge in [-0.1, -0.05) is 13.0 Å². The summed E-state index contributed by atoms with van der Waals surface area (Å²) in [6, 6.07) is 5.25. The predicted octanol–water partition coefficient (Wildman–Crippen LogP) is 3.72. The lowest BCUT2D eigenvalue weighted by Gasteiger charge is -2.37. The van der Waals surface area contributed by atoms with E-state index in [1.807, 2.05) is 0 Å². The van der Waals surface area contributed by atoms with E-state index in [2.05, 4.69) is 13.0 Å². The lowest BCUT2D eigenvalue weighted by Crippen LogP contribution is -2.32. The lowest BCUT2D eigenvalue weighted by molar-refractivity contribution is 0.0241. The van der Waals surface area contributed by atoms with E-state index in [1.54, 1.807) is 0 Å². The van der Waals surface area contributed by atoms with Crippen LogP contribution in [0.1, 0.15) is 44.3 Å². The van der Waals surface area contributed by atoms with Gasteiger partial charge in [0, 0.05) is 11.6 Å². The third kappa shape index (κ3) is 2.62. The molecule has 19 heavy (non-hydrogen) atoms. The first-order valence-corrected chi connectivity index (χ1v) is 6.53. The number of hydrogen-bond acceptors (Lipinski definition) is 2. The molecule has 0 radical (unpaired) electrons. The largest absolute Gasteiger partial charge is 0.387 e. The number of aliphatic hydroxyl groups excluding tert-OH is 1. The molecule has 0 bridgehead atoms. The maximum absolute atomic E-state index is 13.7. The second kappa shape index (κ2) is 5.26. The Bertz CT molecular complexity index is 501. The first-order valence-electron chi connectivity index (χ1n) is 6.53. The van der Waals surface area contributed by atoms with Crippen molar-refractivity contribution in [1.29, 1.82) is 5.26 Å².